The fraction of sp³-hybridized carbons (Fsp3) is 0.0588. The van der Waals surface area contributed by atoms with Crippen molar-refractivity contribution in [3.8, 4) is 0 Å². The lowest BCUT2D eigenvalue weighted by Crippen LogP contribution is -1.96. The molecule has 0 atom stereocenters. The highest BCUT2D eigenvalue weighted by molar-refractivity contribution is 7.20. The maximum Gasteiger partial charge on any atom is 0.348 e. The van der Waals surface area contributed by atoms with Gasteiger partial charge < -0.3 is 4.74 Å². The van der Waals surface area contributed by atoms with Crippen LogP contribution in [0.2, 0.25) is 0 Å². The summed E-state index contributed by atoms with van der Waals surface area (Å²) in [6.07, 6.45) is 3.54. The number of aromatic nitrogens is 1. The number of methoxy groups -OCH3 is 1. The smallest absolute Gasteiger partial charge is 0.348 e. The minimum Gasteiger partial charge on any atom is -0.465 e. The molecule has 0 aliphatic carbocycles. The van der Waals surface area contributed by atoms with Gasteiger partial charge >= 0.3 is 5.97 Å². The van der Waals surface area contributed by atoms with Crippen molar-refractivity contribution in [2.45, 2.75) is 0 Å². The molecule has 0 saturated carbocycles. The second-order valence-corrected chi connectivity index (χ2v) is 5.63. The van der Waals surface area contributed by atoms with E-state index in [4.69, 9.17) is 4.74 Å². The molecule has 0 amide bonds. The number of fused-ring (bicyclic) bond motifs is 1. The van der Waals surface area contributed by atoms with Crippen molar-refractivity contribution in [2.75, 3.05) is 7.11 Å². The van der Waals surface area contributed by atoms with Gasteiger partial charge in [-0.05, 0) is 17.2 Å². The fourth-order valence-electron chi connectivity index (χ4n) is 2.20. The fourth-order valence-corrected chi connectivity index (χ4v) is 3.17. The summed E-state index contributed by atoms with van der Waals surface area (Å²) in [5, 5.41) is 0.976. The van der Waals surface area contributed by atoms with Gasteiger partial charge in [0.2, 0.25) is 0 Å². The second-order valence-electron chi connectivity index (χ2n) is 4.55. The molecular weight excluding hydrogens is 282 g/mol. The third kappa shape index (κ3) is 2.45. The summed E-state index contributed by atoms with van der Waals surface area (Å²) in [5.41, 5.74) is 2.87. The summed E-state index contributed by atoms with van der Waals surface area (Å²) in [5.74, 6) is -0.326. The number of ether oxygens (including phenoxy) is 1. The molecule has 0 aliphatic rings. The highest BCUT2D eigenvalue weighted by Gasteiger charge is 2.14. The Bertz CT molecular complexity index is 821. The lowest BCUT2D eigenvalue weighted by molar-refractivity contribution is 0.0606. The molecule has 0 aliphatic heterocycles. The molecule has 4 heteroatoms. The van der Waals surface area contributed by atoms with Crippen LogP contribution in [-0.2, 0) is 4.74 Å². The molecule has 2 heterocycles. The Kier molecular flexibility index (Phi) is 3.54. The predicted octanol–water partition coefficient (Wildman–Crippen LogP) is 4.14. The van der Waals surface area contributed by atoms with Crippen molar-refractivity contribution in [1.82, 2.24) is 4.98 Å². The van der Waals surface area contributed by atoms with Crippen LogP contribution in [0.4, 0.5) is 0 Å². The standard InChI is InChI=1S/C17H13NO2S/c1-11(12-6-4-3-5-7-12)14-9-18-10-16-13(14)8-15(21-16)17(19)20-2/h3-10H,1H2,2H3. The number of benzene rings is 1. The van der Waals surface area contributed by atoms with Gasteiger partial charge in [-0.25, -0.2) is 4.79 Å². The average molecular weight is 295 g/mol. The largest absolute Gasteiger partial charge is 0.465 e. The Morgan fingerprint density at radius 2 is 2.00 bits per heavy atom. The van der Waals surface area contributed by atoms with E-state index in [0.717, 1.165) is 26.8 Å². The van der Waals surface area contributed by atoms with Crippen LogP contribution in [0, 0.1) is 0 Å². The molecule has 0 fully saturated rings. The summed E-state index contributed by atoms with van der Waals surface area (Å²) >= 11 is 1.38. The van der Waals surface area contributed by atoms with Crippen LogP contribution in [0.25, 0.3) is 15.7 Å². The number of esters is 1. The minimum absolute atomic E-state index is 0.326. The van der Waals surface area contributed by atoms with E-state index in [9.17, 15) is 4.79 Å². The van der Waals surface area contributed by atoms with Crippen LogP contribution in [0.3, 0.4) is 0 Å². The Morgan fingerprint density at radius 1 is 1.24 bits per heavy atom. The van der Waals surface area contributed by atoms with E-state index < -0.39 is 0 Å². The molecule has 3 nitrogen and oxygen atoms in total. The molecule has 104 valence electrons. The molecule has 0 radical (unpaired) electrons. The van der Waals surface area contributed by atoms with Crippen LogP contribution in [-0.4, -0.2) is 18.1 Å². The topological polar surface area (TPSA) is 39.2 Å². The zero-order valence-electron chi connectivity index (χ0n) is 11.5. The lowest BCUT2D eigenvalue weighted by Gasteiger charge is -2.07. The average Bonchev–Trinajstić information content (AvgIpc) is 2.98. The summed E-state index contributed by atoms with van der Waals surface area (Å²) in [6.45, 7) is 4.17. The van der Waals surface area contributed by atoms with Crippen LogP contribution < -0.4 is 0 Å². The van der Waals surface area contributed by atoms with Crippen molar-refractivity contribution in [3.63, 3.8) is 0 Å². The van der Waals surface area contributed by atoms with Crippen molar-refractivity contribution >= 4 is 33.0 Å². The minimum atomic E-state index is -0.326. The summed E-state index contributed by atoms with van der Waals surface area (Å²) in [7, 11) is 1.38. The number of pyridine rings is 1. The van der Waals surface area contributed by atoms with Crippen LogP contribution in [0.1, 0.15) is 20.8 Å². The molecular formula is C17H13NO2S. The Balaban J connectivity index is 2.13. The third-order valence-corrected chi connectivity index (χ3v) is 4.33. The van der Waals surface area contributed by atoms with E-state index in [1.165, 1.54) is 18.4 Å². The second kappa shape index (κ2) is 5.50. The zero-order chi connectivity index (χ0) is 14.8. The van der Waals surface area contributed by atoms with Gasteiger partial charge in [-0.3, -0.25) is 4.98 Å². The monoisotopic (exact) mass is 295 g/mol. The Labute approximate surface area is 126 Å². The maximum atomic E-state index is 11.7. The molecule has 1 aromatic carbocycles. The van der Waals surface area contributed by atoms with Crippen LogP contribution in [0.15, 0.2) is 55.4 Å². The highest BCUT2D eigenvalue weighted by Crippen LogP contribution is 2.33. The number of carbonyl (C=O) groups excluding carboxylic acids is 1. The van der Waals surface area contributed by atoms with E-state index in [1.807, 2.05) is 36.4 Å². The zero-order valence-corrected chi connectivity index (χ0v) is 12.3. The van der Waals surface area contributed by atoms with Gasteiger partial charge in [-0.2, -0.15) is 0 Å². The molecule has 0 unspecified atom stereocenters. The number of thiophene rings is 1. The van der Waals surface area contributed by atoms with Crippen LogP contribution >= 0.6 is 11.3 Å². The first kappa shape index (κ1) is 13.5. The van der Waals surface area contributed by atoms with Gasteiger partial charge in [-0.15, -0.1) is 11.3 Å². The van der Waals surface area contributed by atoms with Gasteiger partial charge in [-0.1, -0.05) is 36.9 Å². The third-order valence-electron chi connectivity index (χ3n) is 3.28. The number of hydrogen-bond acceptors (Lipinski definition) is 4. The van der Waals surface area contributed by atoms with Crippen molar-refractivity contribution in [2.24, 2.45) is 0 Å². The SMILES string of the molecule is C=C(c1ccccc1)c1cncc2sc(C(=O)OC)cc12. The predicted molar refractivity (Wildman–Crippen MR) is 85.5 cm³/mol. The van der Waals surface area contributed by atoms with E-state index in [2.05, 4.69) is 11.6 Å². The molecule has 0 spiro atoms. The first-order valence-corrected chi connectivity index (χ1v) is 7.23. The van der Waals surface area contributed by atoms with Crippen molar-refractivity contribution < 1.29 is 9.53 Å². The number of nitrogens with zero attached hydrogens (tertiary/aromatic N) is 1. The molecule has 0 N–H and O–H groups in total. The summed E-state index contributed by atoms with van der Waals surface area (Å²) in [6, 6.07) is 11.8. The molecule has 0 bridgehead atoms. The Hall–Kier alpha value is -2.46. The van der Waals surface area contributed by atoms with Gasteiger partial charge in [0.25, 0.3) is 0 Å². The molecule has 2 aromatic heterocycles. The van der Waals surface area contributed by atoms with Gasteiger partial charge in [0.05, 0.1) is 11.8 Å². The first-order chi connectivity index (χ1) is 10.2. The van der Waals surface area contributed by atoms with E-state index in [-0.39, 0.29) is 5.97 Å². The molecule has 3 rings (SSSR count). The Morgan fingerprint density at radius 3 is 2.71 bits per heavy atom. The quantitative estimate of drug-likeness (QED) is 0.682. The van der Waals surface area contributed by atoms with Gasteiger partial charge in [0, 0.05) is 23.3 Å². The molecule has 0 saturated heterocycles. The highest BCUT2D eigenvalue weighted by atomic mass is 32.1. The molecule has 21 heavy (non-hydrogen) atoms. The molecule has 3 aromatic rings. The van der Waals surface area contributed by atoms with Gasteiger partial charge in [0.15, 0.2) is 0 Å². The number of carbonyl (C=O) groups is 1. The van der Waals surface area contributed by atoms with E-state index >= 15 is 0 Å². The normalized spacial score (nSPS) is 10.5. The van der Waals surface area contributed by atoms with E-state index in [1.54, 1.807) is 12.4 Å². The van der Waals surface area contributed by atoms with Crippen molar-refractivity contribution in [1.29, 1.82) is 0 Å². The summed E-state index contributed by atoms with van der Waals surface area (Å²) in [4.78, 5) is 16.5. The lowest BCUT2D eigenvalue weighted by atomic mass is 9.99. The first-order valence-electron chi connectivity index (χ1n) is 6.41. The van der Waals surface area contributed by atoms with Gasteiger partial charge in [0.1, 0.15) is 4.88 Å². The summed E-state index contributed by atoms with van der Waals surface area (Å²) < 4.78 is 5.73. The number of hydrogen-bond donors (Lipinski definition) is 0. The van der Waals surface area contributed by atoms with Crippen molar-refractivity contribution in [3.05, 3.63) is 71.4 Å². The maximum absolute atomic E-state index is 11.7. The number of rotatable bonds is 3. The van der Waals surface area contributed by atoms with Crippen LogP contribution in [0.5, 0.6) is 0 Å². The van der Waals surface area contributed by atoms with E-state index in [0.29, 0.717) is 4.88 Å².